The molecule has 0 saturated heterocycles. The third-order valence-corrected chi connectivity index (χ3v) is 3.76. The molecule has 0 aliphatic carbocycles. The molecule has 1 aliphatic rings. The molecule has 1 atom stereocenters. The van der Waals surface area contributed by atoms with Crippen LogP contribution in [0.25, 0.3) is 0 Å². The van der Waals surface area contributed by atoms with Gasteiger partial charge in [-0.25, -0.2) is 0 Å². The highest BCUT2D eigenvalue weighted by Gasteiger charge is 2.24. The highest BCUT2D eigenvalue weighted by Crippen LogP contribution is 2.24. The summed E-state index contributed by atoms with van der Waals surface area (Å²) in [5.41, 5.74) is 2.69. The van der Waals surface area contributed by atoms with Crippen molar-refractivity contribution >= 4 is 11.6 Å². The van der Waals surface area contributed by atoms with E-state index in [4.69, 9.17) is 0 Å². The highest BCUT2D eigenvalue weighted by atomic mass is 16.1. The Morgan fingerprint density at radius 3 is 2.21 bits per heavy atom. The van der Waals surface area contributed by atoms with Gasteiger partial charge in [-0.2, -0.15) is 0 Å². The van der Waals surface area contributed by atoms with Crippen LogP contribution in [0.4, 0.5) is 0 Å². The van der Waals surface area contributed by atoms with Gasteiger partial charge < -0.3 is 10.6 Å². The Morgan fingerprint density at radius 1 is 0.958 bits per heavy atom. The van der Waals surface area contributed by atoms with Gasteiger partial charge >= 0.3 is 0 Å². The first-order valence-electron chi connectivity index (χ1n) is 7.75. The maximum Gasteiger partial charge on any atom is 0.210 e. The third kappa shape index (κ3) is 3.43. The number of rotatable bonds is 4. The molecule has 0 saturated carbocycles. The first-order valence-corrected chi connectivity index (χ1v) is 7.75. The lowest BCUT2D eigenvalue weighted by atomic mass is 9.99. The smallest absolute Gasteiger partial charge is 0.210 e. The first kappa shape index (κ1) is 15.7. The van der Waals surface area contributed by atoms with E-state index in [9.17, 15) is 9.59 Å². The summed E-state index contributed by atoms with van der Waals surface area (Å²) in [5, 5.41) is 6.35. The zero-order valence-corrected chi connectivity index (χ0v) is 13.3. The summed E-state index contributed by atoms with van der Waals surface area (Å²) in [4.78, 5) is 24.2. The number of hydrogen-bond donors (Lipinski definition) is 2. The molecule has 2 N–H and O–H groups in total. The van der Waals surface area contributed by atoms with Crippen molar-refractivity contribution in [3.05, 3.63) is 95.5 Å². The molecule has 2 aromatic carbocycles. The summed E-state index contributed by atoms with van der Waals surface area (Å²) in [6.07, 6.45) is 3.19. The topological polar surface area (TPSA) is 58.2 Å². The Balaban J connectivity index is 1.92. The number of carbonyl (C=O) groups excluding carboxylic acids is 2. The van der Waals surface area contributed by atoms with Crippen LogP contribution in [0.1, 0.15) is 28.9 Å². The molecule has 1 aliphatic heterocycles. The zero-order chi connectivity index (χ0) is 16.9. The van der Waals surface area contributed by atoms with Crippen LogP contribution in [0.3, 0.4) is 0 Å². The van der Waals surface area contributed by atoms with Crippen LogP contribution in [0.2, 0.25) is 0 Å². The lowest BCUT2D eigenvalue weighted by Crippen LogP contribution is -2.36. The molecule has 0 fully saturated rings. The molecule has 120 valence electrons. The summed E-state index contributed by atoms with van der Waals surface area (Å²) >= 11 is 0. The highest BCUT2D eigenvalue weighted by molar-refractivity contribution is 6.08. The van der Waals surface area contributed by atoms with Crippen LogP contribution in [0.5, 0.6) is 0 Å². The van der Waals surface area contributed by atoms with Crippen LogP contribution in [-0.2, 0) is 4.79 Å². The van der Waals surface area contributed by atoms with E-state index in [0.29, 0.717) is 17.0 Å². The zero-order valence-electron chi connectivity index (χ0n) is 13.3. The first-order chi connectivity index (χ1) is 11.6. The van der Waals surface area contributed by atoms with E-state index in [1.54, 1.807) is 18.3 Å². The molecule has 1 heterocycles. The van der Waals surface area contributed by atoms with Gasteiger partial charge in [-0.1, -0.05) is 60.7 Å². The Bertz CT molecular complexity index is 808. The second-order valence-corrected chi connectivity index (χ2v) is 5.60. The fourth-order valence-corrected chi connectivity index (χ4v) is 2.65. The maximum atomic E-state index is 12.6. The third-order valence-electron chi connectivity index (χ3n) is 3.76. The summed E-state index contributed by atoms with van der Waals surface area (Å²) in [5.74, 6) is -0.197. The SMILES string of the molecule is CC(=O)/C=C1/NC(C(=O)c2ccccc2)=CNC1c1ccccc1. The number of benzene rings is 2. The van der Waals surface area contributed by atoms with Crippen molar-refractivity contribution in [3.63, 3.8) is 0 Å². The molecule has 1 unspecified atom stereocenters. The van der Waals surface area contributed by atoms with Crippen molar-refractivity contribution in [3.8, 4) is 0 Å². The van der Waals surface area contributed by atoms with Crippen molar-refractivity contribution in [1.82, 2.24) is 10.6 Å². The van der Waals surface area contributed by atoms with E-state index in [-0.39, 0.29) is 17.6 Å². The molecule has 3 rings (SSSR count). The van der Waals surface area contributed by atoms with Crippen molar-refractivity contribution in [2.75, 3.05) is 0 Å². The number of carbonyl (C=O) groups is 2. The van der Waals surface area contributed by atoms with Crippen LogP contribution in [0.15, 0.2) is 84.3 Å². The van der Waals surface area contributed by atoms with Gasteiger partial charge in [0, 0.05) is 23.5 Å². The average Bonchev–Trinajstić information content (AvgIpc) is 2.62. The van der Waals surface area contributed by atoms with Crippen molar-refractivity contribution < 1.29 is 9.59 Å². The molecular weight excluding hydrogens is 300 g/mol. The number of allylic oxidation sites excluding steroid dienone is 2. The summed E-state index contributed by atoms with van der Waals surface area (Å²) in [7, 11) is 0. The molecule has 2 aromatic rings. The fraction of sp³-hybridized carbons (Fsp3) is 0.100. The lowest BCUT2D eigenvalue weighted by molar-refractivity contribution is -0.112. The average molecular weight is 318 g/mol. The largest absolute Gasteiger partial charge is 0.377 e. The molecular formula is C20H18N2O2. The second-order valence-electron chi connectivity index (χ2n) is 5.60. The monoisotopic (exact) mass is 318 g/mol. The quantitative estimate of drug-likeness (QED) is 0.672. The van der Waals surface area contributed by atoms with E-state index >= 15 is 0 Å². The van der Waals surface area contributed by atoms with E-state index in [1.165, 1.54) is 13.0 Å². The number of Topliss-reactive ketones (excluding diaryl/α,β-unsaturated/α-hetero) is 1. The Hall–Kier alpha value is -3.14. The minimum atomic E-state index is -0.192. The Kier molecular flexibility index (Phi) is 4.57. The second kappa shape index (κ2) is 6.96. The fourth-order valence-electron chi connectivity index (χ4n) is 2.65. The van der Waals surface area contributed by atoms with E-state index < -0.39 is 0 Å². The van der Waals surface area contributed by atoms with Gasteiger partial charge in [-0.15, -0.1) is 0 Å². The minimum Gasteiger partial charge on any atom is -0.377 e. The van der Waals surface area contributed by atoms with Crippen LogP contribution >= 0.6 is 0 Å². The lowest BCUT2D eigenvalue weighted by Gasteiger charge is -2.28. The van der Waals surface area contributed by atoms with Crippen LogP contribution in [0, 0.1) is 0 Å². The molecule has 4 nitrogen and oxygen atoms in total. The molecule has 0 aromatic heterocycles. The van der Waals surface area contributed by atoms with Crippen molar-refractivity contribution in [1.29, 1.82) is 0 Å². The normalized spacial score (nSPS) is 18.3. The number of nitrogens with one attached hydrogen (secondary N) is 2. The van der Waals surface area contributed by atoms with Gasteiger partial charge in [0.15, 0.2) is 5.78 Å². The van der Waals surface area contributed by atoms with Crippen molar-refractivity contribution in [2.45, 2.75) is 13.0 Å². The van der Waals surface area contributed by atoms with Crippen LogP contribution in [-0.4, -0.2) is 11.6 Å². The van der Waals surface area contributed by atoms with Gasteiger partial charge in [0.1, 0.15) is 5.70 Å². The van der Waals surface area contributed by atoms with E-state index in [2.05, 4.69) is 10.6 Å². The van der Waals surface area contributed by atoms with Gasteiger partial charge in [0.2, 0.25) is 5.78 Å². The van der Waals surface area contributed by atoms with Crippen LogP contribution < -0.4 is 10.6 Å². The minimum absolute atomic E-state index is 0.0753. The van der Waals surface area contributed by atoms with E-state index in [1.807, 2.05) is 48.5 Å². The molecule has 24 heavy (non-hydrogen) atoms. The standard InChI is InChI=1S/C20H18N2O2/c1-14(23)12-17-19(15-8-4-2-5-9-15)21-13-18(22-17)20(24)16-10-6-3-7-11-16/h2-13,19,21-22H,1H3/b17-12+. The summed E-state index contributed by atoms with van der Waals surface area (Å²) < 4.78 is 0. The maximum absolute atomic E-state index is 12.6. The number of hydrogen-bond acceptors (Lipinski definition) is 4. The molecule has 0 bridgehead atoms. The Morgan fingerprint density at radius 2 is 1.58 bits per heavy atom. The van der Waals surface area contributed by atoms with E-state index in [0.717, 1.165) is 5.56 Å². The predicted molar refractivity (Wildman–Crippen MR) is 93.1 cm³/mol. The van der Waals surface area contributed by atoms with Crippen molar-refractivity contribution in [2.24, 2.45) is 0 Å². The molecule has 0 amide bonds. The predicted octanol–water partition coefficient (Wildman–Crippen LogP) is 3.12. The molecule has 4 heteroatoms. The van der Waals surface area contributed by atoms with Gasteiger partial charge in [-0.3, -0.25) is 9.59 Å². The summed E-state index contributed by atoms with van der Waals surface area (Å²) in [6, 6.07) is 18.6. The van der Waals surface area contributed by atoms with Gasteiger partial charge in [0.05, 0.1) is 6.04 Å². The number of ketones is 2. The Labute approximate surface area is 140 Å². The molecule has 0 spiro atoms. The van der Waals surface area contributed by atoms with Gasteiger partial charge in [0.25, 0.3) is 0 Å². The summed E-state index contributed by atoms with van der Waals surface area (Å²) in [6.45, 7) is 1.49. The molecule has 0 radical (unpaired) electrons. The van der Waals surface area contributed by atoms with Gasteiger partial charge in [-0.05, 0) is 12.5 Å².